The largest absolute Gasteiger partial charge is 0.330 e. The molecule has 0 aliphatic heterocycles. The highest BCUT2D eigenvalue weighted by atomic mass is 35.5. The van der Waals surface area contributed by atoms with E-state index < -0.39 is 0 Å². The summed E-state index contributed by atoms with van der Waals surface area (Å²) in [6.07, 6.45) is 0.851. The SMILES string of the molecule is NCCc1nc(-c2ccc(Cl)s2)cs1. The van der Waals surface area contributed by atoms with E-state index in [1.54, 1.807) is 22.7 Å². The molecule has 0 spiro atoms. The first-order valence-corrected chi connectivity index (χ1v) is 6.27. The minimum Gasteiger partial charge on any atom is -0.330 e. The highest BCUT2D eigenvalue weighted by Crippen LogP contribution is 2.31. The van der Waals surface area contributed by atoms with Gasteiger partial charge >= 0.3 is 0 Å². The summed E-state index contributed by atoms with van der Waals surface area (Å²) in [4.78, 5) is 5.59. The number of thiophene rings is 1. The lowest BCUT2D eigenvalue weighted by Gasteiger charge is -1.89. The topological polar surface area (TPSA) is 38.9 Å². The molecule has 74 valence electrons. The first-order valence-electron chi connectivity index (χ1n) is 4.20. The van der Waals surface area contributed by atoms with Gasteiger partial charge in [-0.2, -0.15) is 0 Å². The normalized spacial score (nSPS) is 10.7. The molecular weight excluding hydrogens is 236 g/mol. The third-order valence-electron chi connectivity index (χ3n) is 1.74. The van der Waals surface area contributed by atoms with Crippen LogP contribution in [-0.4, -0.2) is 11.5 Å². The van der Waals surface area contributed by atoms with E-state index in [9.17, 15) is 0 Å². The van der Waals surface area contributed by atoms with Crippen molar-refractivity contribution in [1.29, 1.82) is 0 Å². The first-order chi connectivity index (χ1) is 6.79. The van der Waals surface area contributed by atoms with E-state index >= 15 is 0 Å². The molecule has 2 aromatic rings. The van der Waals surface area contributed by atoms with E-state index in [2.05, 4.69) is 4.98 Å². The van der Waals surface area contributed by atoms with E-state index in [1.165, 1.54) is 0 Å². The van der Waals surface area contributed by atoms with Crippen LogP contribution in [0.15, 0.2) is 17.5 Å². The maximum atomic E-state index is 5.85. The molecule has 2 heterocycles. The number of aromatic nitrogens is 1. The fraction of sp³-hybridized carbons (Fsp3) is 0.222. The fourth-order valence-electron chi connectivity index (χ4n) is 1.11. The molecule has 0 aliphatic rings. The molecule has 0 aliphatic carbocycles. The lowest BCUT2D eigenvalue weighted by atomic mass is 10.4. The molecule has 0 fully saturated rings. The Balaban J connectivity index is 2.24. The highest BCUT2D eigenvalue weighted by molar-refractivity contribution is 7.19. The van der Waals surface area contributed by atoms with Crippen molar-refractivity contribution < 1.29 is 0 Å². The minimum absolute atomic E-state index is 0.651. The molecule has 2 rings (SSSR count). The summed E-state index contributed by atoms with van der Waals surface area (Å²) in [5, 5.41) is 3.14. The number of hydrogen-bond donors (Lipinski definition) is 1. The zero-order chi connectivity index (χ0) is 9.97. The van der Waals surface area contributed by atoms with Crippen LogP contribution in [0.5, 0.6) is 0 Å². The monoisotopic (exact) mass is 244 g/mol. The molecular formula is C9H9ClN2S2. The van der Waals surface area contributed by atoms with Crippen LogP contribution >= 0.6 is 34.3 Å². The third kappa shape index (κ3) is 2.15. The van der Waals surface area contributed by atoms with Crippen LogP contribution in [0.3, 0.4) is 0 Å². The second kappa shape index (κ2) is 4.40. The Hall–Kier alpha value is -0.420. The van der Waals surface area contributed by atoms with Gasteiger partial charge in [-0.3, -0.25) is 0 Å². The average Bonchev–Trinajstić information content (AvgIpc) is 2.74. The second-order valence-electron chi connectivity index (χ2n) is 2.77. The molecule has 0 saturated heterocycles. The molecule has 0 atom stereocenters. The van der Waals surface area contributed by atoms with Crippen LogP contribution in [-0.2, 0) is 6.42 Å². The molecule has 0 unspecified atom stereocenters. The van der Waals surface area contributed by atoms with Crippen LogP contribution in [0.1, 0.15) is 5.01 Å². The molecule has 0 aromatic carbocycles. The van der Waals surface area contributed by atoms with Crippen LogP contribution in [0.2, 0.25) is 4.34 Å². The maximum absolute atomic E-state index is 5.85. The fourth-order valence-corrected chi connectivity index (χ4v) is 3.01. The summed E-state index contributed by atoms with van der Waals surface area (Å²) in [5.74, 6) is 0. The zero-order valence-electron chi connectivity index (χ0n) is 7.37. The molecule has 14 heavy (non-hydrogen) atoms. The van der Waals surface area contributed by atoms with E-state index in [0.717, 1.165) is 26.3 Å². The zero-order valence-corrected chi connectivity index (χ0v) is 9.75. The van der Waals surface area contributed by atoms with Gasteiger partial charge in [0.15, 0.2) is 0 Å². The average molecular weight is 245 g/mol. The van der Waals surface area contributed by atoms with Crippen LogP contribution < -0.4 is 5.73 Å². The van der Waals surface area contributed by atoms with Crippen molar-refractivity contribution in [2.24, 2.45) is 5.73 Å². The number of nitrogens with two attached hydrogens (primary N) is 1. The standard InChI is InChI=1S/C9H9ClN2S2/c10-8-2-1-7(14-8)6-5-13-9(12-6)3-4-11/h1-2,5H,3-4,11H2. The Labute approximate surface area is 95.4 Å². The van der Waals surface area contributed by atoms with Crippen molar-refractivity contribution in [3.05, 3.63) is 26.9 Å². The molecule has 0 amide bonds. The molecule has 0 bridgehead atoms. The number of rotatable bonds is 3. The van der Waals surface area contributed by atoms with Gasteiger partial charge < -0.3 is 5.73 Å². The summed E-state index contributed by atoms with van der Waals surface area (Å²) in [5.41, 5.74) is 6.47. The van der Waals surface area contributed by atoms with E-state index in [4.69, 9.17) is 17.3 Å². The predicted octanol–water partition coefficient (Wildman–Crippen LogP) is 3.03. The van der Waals surface area contributed by atoms with Gasteiger partial charge in [0, 0.05) is 11.8 Å². The van der Waals surface area contributed by atoms with Gasteiger partial charge in [-0.05, 0) is 18.7 Å². The Morgan fingerprint density at radius 3 is 2.93 bits per heavy atom. The van der Waals surface area contributed by atoms with Gasteiger partial charge in [-0.25, -0.2) is 4.98 Å². The van der Waals surface area contributed by atoms with Crippen molar-refractivity contribution in [3.63, 3.8) is 0 Å². The Morgan fingerprint density at radius 2 is 2.29 bits per heavy atom. The quantitative estimate of drug-likeness (QED) is 0.902. The molecule has 2 nitrogen and oxygen atoms in total. The van der Waals surface area contributed by atoms with Crippen molar-refractivity contribution in [2.45, 2.75) is 6.42 Å². The Kier molecular flexibility index (Phi) is 3.18. The first kappa shape index (κ1) is 10.1. The number of halogens is 1. The predicted molar refractivity (Wildman–Crippen MR) is 63.2 cm³/mol. The van der Waals surface area contributed by atoms with Gasteiger partial charge in [0.2, 0.25) is 0 Å². The van der Waals surface area contributed by atoms with Crippen LogP contribution in [0.25, 0.3) is 10.6 Å². The Morgan fingerprint density at radius 1 is 1.43 bits per heavy atom. The number of hydrogen-bond acceptors (Lipinski definition) is 4. The van der Waals surface area contributed by atoms with Gasteiger partial charge in [0.05, 0.1) is 19.9 Å². The number of thiazole rings is 1. The van der Waals surface area contributed by atoms with Crippen LogP contribution in [0.4, 0.5) is 0 Å². The third-order valence-corrected chi connectivity index (χ3v) is 3.90. The second-order valence-corrected chi connectivity index (χ2v) is 5.43. The summed E-state index contributed by atoms with van der Waals surface area (Å²) < 4.78 is 0.799. The smallest absolute Gasteiger partial charge is 0.0945 e. The molecule has 2 aromatic heterocycles. The van der Waals surface area contributed by atoms with E-state index in [1.807, 2.05) is 17.5 Å². The maximum Gasteiger partial charge on any atom is 0.0945 e. The Bertz CT molecular complexity index is 422. The van der Waals surface area contributed by atoms with E-state index in [0.29, 0.717) is 6.54 Å². The summed E-state index contributed by atoms with van der Waals surface area (Å²) in [6, 6.07) is 3.89. The lowest BCUT2D eigenvalue weighted by molar-refractivity contribution is 0.954. The van der Waals surface area contributed by atoms with Gasteiger partial charge in [0.25, 0.3) is 0 Å². The molecule has 0 saturated carbocycles. The molecule has 0 radical (unpaired) electrons. The van der Waals surface area contributed by atoms with Gasteiger partial charge in [-0.15, -0.1) is 22.7 Å². The van der Waals surface area contributed by atoms with Crippen molar-refractivity contribution in [2.75, 3.05) is 6.54 Å². The van der Waals surface area contributed by atoms with E-state index in [-0.39, 0.29) is 0 Å². The number of nitrogens with zero attached hydrogens (tertiary/aromatic N) is 1. The minimum atomic E-state index is 0.651. The van der Waals surface area contributed by atoms with Crippen LogP contribution in [0, 0.1) is 0 Å². The van der Waals surface area contributed by atoms with Crippen molar-refractivity contribution in [1.82, 2.24) is 4.98 Å². The summed E-state index contributed by atoms with van der Waals surface area (Å²) in [7, 11) is 0. The van der Waals surface area contributed by atoms with Crippen molar-refractivity contribution in [3.8, 4) is 10.6 Å². The highest BCUT2D eigenvalue weighted by Gasteiger charge is 2.06. The molecule has 2 N–H and O–H groups in total. The van der Waals surface area contributed by atoms with Gasteiger partial charge in [0.1, 0.15) is 0 Å². The van der Waals surface area contributed by atoms with Crippen molar-refractivity contribution >= 4 is 34.3 Å². The summed E-state index contributed by atoms with van der Waals surface area (Å²) >= 11 is 9.05. The summed E-state index contributed by atoms with van der Waals surface area (Å²) in [6.45, 7) is 0.651. The molecule has 5 heteroatoms. The van der Waals surface area contributed by atoms with Gasteiger partial charge in [-0.1, -0.05) is 11.6 Å². The lowest BCUT2D eigenvalue weighted by Crippen LogP contribution is -2.01.